The maximum Gasteiger partial charge on any atom is 0.170 e. The lowest BCUT2D eigenvalue weighted by Gasteiger charge is -2.42. The topological polar surface area (TPSA) is 55.8 Å². The standard InChI is InChI=1S/C21H40O4S/c1-4-6-8-9-10-11-12-13-14-21(17-22)19(23)16-18(20(24-3)25-21)26-15-7-5-2/h18,20,22H,4-17H2,1-3H3. The number of carbonyl (C=O) groups is 1. The average Bonchev–Trinajstić information content (AvgIpc) is 2.65. The Morgan fingerprint density at radius 2 is 1.69 bits per heavy atom. The number of methoxy groups -OCH3 is 1. The first-order valence-corrected chi connectivity index (χ1v) is 11.6. The highest BCUT2D eigenvalue weighted by atomic mass is 32.2. The zero-order chi connectivity index (χ0) is 19.3. The van der Waals surface area contributed by atoms with Crippen molar-refractivity contribution in [3.8, 4) is 0 Å². The predicted molar refractivity (Wildman–Crippen MR) is 110 cm³/mol. The Balaban J connectivity index is 2.42. The first-order chi connectivity index (χ1) is 12.6. The molecule has 0 amide bonds. The highest BCUT2D eigenvalue weighted by Crippen LogP contribution is 2.36. The Bertz CT molecular complexity index is 377. The SMILES string of the molecule is CCCCCCCCCCC1(CO)OC(OC)C(SCCCC)CC1=O. The predicted octanol–water partition coefficient (Wildman–Crippen LogP) is 5.11. The summed E-state index contributed by atoms with van der Waals surface area (Å²) in [6.45, 7) is 4.15. The van der Waals surface area contributed by atoms with Crippen LogP contribution in [0, 0.1) is 0 Å². The Morgan fingerprint density at radius 3 is 2.27 bits per heavy atom. The van der Waals surface area contributed by atoms with Crippen molar-refractivity contribution in [2.45, 2.75) is 108 Å². The molecule has 0 aliphatic carbocycles. The monoisotopic (exact) mass is 388 g/mol. The summed E-state index contributed by atoms with van der Waals surface area (Å²) in [5.41, 5.74) is -1.05. The fourth-order valence-corrected chi connectivity index (χ4v) is 4.84. The number of carbonyl (C=O) groups excluding carboxylic acids is 1. The maximum absolute atomic E-state index is 12.7. The van der Waals surface area contributed by atoms with E-state index in [0.29, 0.717) is 12.8 Å². The van der Waals surface area contributed by atoms with Crippen LogP contribution in [-0.4, -0.2) is 47.5 Å². The van der Waals surface area contributed by atoms with Crippen LogP contribution in [0.1, 0.15) is 90.9 Å². The second kappa shape index (κ2) is 14.0. The molecule has 0 bridgehead atoms. The molecule has 1 N–H and O–H groups in total. The third kappa shape index (κ3) is 7.87. The number of thioether (sulfide) groups is 1. The number of hydrogen-bond donors (Lipinski definition) is 1. The summed E-state index contributed by atoms with van der Waals surface area (Å²) < 4.78 is 11.6. The van der Waals surface area contributed by atoms with Crippen molar-refractivity contribution in [2.75, 3.05) is 19.5 Å². The molecular weight excluding hydrogens is 348 g/mol. The van der Waals surface area contributed by atoms with E-state index in [1.807, 2.05) is 0 Å². The Labute approximate surface area is 164 Å². The number of unbranched alkanes of at least 4 members (excludes halogenated alkanes) is 8. The molecule has 154 valence electrons. The highest BCUT2D eigenvalue weighted by molar-refractivity contribution is 7.99. The van der Waals surface area contributed by atoms with Gasteiger partial charge in [-0.1, -0.05) is 71.6 Å². The van der Waals surface area contributed by atoms with Crippen LogP contribution in [0.5, 0.6) is 0 Å². The van der Waals surface area contributed by atoms with E-state index in [9.17, 15) is 9.90 Å². The molecule has 1 aliphatic heterocycles. The van der Waals surface area contributed by atoms with Crippen molar-refractivity contribution >= 4 is 17.5 Å². The van der Waals surface area contributed by atoms with Gasteiger partial charge in [0.05, 0.1) is 11.9 Å². The molecule has 3 atom stereocenters. The zero-order valence-electron chi connectivity index (χ0n) is 17.1. The summed E-state index contributed by atoms with van der Waals surface area (Å²) in [5, 5.41) is 9.96. The van der Waals surface area contributed by atoms with Crippen LogP contribution >= 0.6 is 11.8 Å². The van der Waals surface area contributed by atoms with E-state index in [2.05, 4.69) is 13.8 Å². The summed E-state index contributed by atoms with van der Waals surface area (Å²) >= 11 is 1.76. The molecule has 26 heavy (non-hydrogen) atoms. The second-order valence-corrected chi connectivity index (χ2v) is 8.84. The van der Waals surface area contributed by atoms with Crippen LogP contribution in [-0.2, 0) is 14.3 Å². The first kappa shape index (κ1) is 23.9. The van der Waals surface area contributed by atoms with Gasteiger partial charge in [-0.25, -0.2) is 0 Å². The van der Waals surface area contributed by atoms with Crippen molar-refractivity contribution < 1.29 is 19.4 Å². The van der Waals surface area contributed by atoms with Gasteiger partial charge in [0, 0.05) is 13.5 Å². The van der Waals surface area contributed by atoms with Gasteiger partial charge in [-0.3, -0.25) is 4.79 Å². The van der Waals surface area contributed by atoms with Gasteiger partial charge in [0.25, 0.3) is 0 Å². The minimum Gasteiger partial charge on any atom is -0.393 e. The minimum atomic E-state index is -1.05. The van der Waals surface area contributed by atoms with Crippen LogP contribution in [0.4, 0.5) is 0 Å². The molecule has 5 heteroatoms. The van der Waals surface area contributed by atoms with E-state index in [1.165, 1.54) is 38.5 Å². The Hall–Kier alpha value is -0.100. The van der Waals surface area contributed by atoms with Gasteiger partial charge in [-0.2, -0.15) is 11.8 Å². The third-order valence-corrected chi connectivity index (χ3v) is 6.63. The summed E-state index contributed by atoms with van der Waals surface area (Å²) in [5.74, 6) is 1.06. The zero-order valence-corrected chi connectivity index (χ0v) is 18.0. The molecule has 1 aliphatic rings. The van der Waals surface area contributed by atoms with Crippen LogP contribution in [0.25, 0.3) is 0 Å². The number of Topliss-reactive ketones (excluding diaryl/α,β-unsaturated/α-hetero) is 1. The van der Waals surface area contributed by atoms with Crippen molar-refractivity contribution in [1.29, 1.82) is 0 Å². The molecule has 0 aromatic carbocycles. The molecule has 1 fully saturated rings. The van der Waals surface area contributed by atoms with Crippen molar-refractivity contribution in [1.82, 2.24) is 0 Å². The molecular formula is C21H40O4S. The van der Waals surface area contributed by atoms with Crippen molar-refractivity contribution in [3.05, 3.63) is 0 Å². The normalized spacial score (nSPS) is 26.4. The lowest BCUT2D eigenvalue weighted by Crippen LogP contribution is -2.56. The molecule has 4 nitrogen and oxygen atoms in total. The van der Waals surface area contributed by atoms with E-state index in [-0.39, 0.29) is 17.6 Å². The number of ketones is 1. The van der Waals surface area contributed by atoms with Crippen molar-refractivity contribution in [3.63, 3.8) is 0 Å². The van der Waals surface area contributed by atoms with Gasteiger partial charge in [0.15, 0.2) is 17.7 Å². The van der Waals surface area contributed by atoms with Crippen LogP contribution < -0.4 is 0 Å². The molecule has 0 spiro atoms. The van der Waals surface area contributed by atoms with E-state index >= 15 is 0 Å². The first-order valence-electron chi connectivity index (χ1n) is 10.6. The van der Waals surface area contributed by atoms with Gasteiger partial charge in [-0.05, 0) is 18.6 Å². The summed E-state index contributed by atoms with van der Waals surface area (Å²) in [7, 11) is 1.63. The van der Waals surface area contributed by atoms with Gasteiger partial charge < -0.3 is 14.6 Å². The quantitative estimate of drug-likeness (QED) is 0.395. The minimum absolute atomic E-state index is 0.0392. The van der Waals surface area contributed by atoms with E-state index < -0.39 is 11.9 Å². The molecule has 1 heterocycles. The van der Waals surface area contributed by atoms with Gasteiger partial charge >= 0.3 is 0 Å². The molecule has 0 aromatic rings. The van der Waals surface area contributed by atoms with E-state index in [0.717, 1.165) is 31.4 Å². The third-order valence-electron chi connectivity index (χ3n) is 5.29. The number of ether oxygens (including phenoxy) is 2. The summed E-state index contributed by atoms with van der Waals surface area (Å²) in [6.07, 6.45) is 12.6. The highest BCUT2D eigenvalue weighted by Gasteiger charge is 2.48. The Kier molecular flexibility index (Phi) is 12.9. The van der Waals surface area contributed by atoms with Crippen molar-refractivity contribution in [2.24, 2.45) is 0 Å². The summed E-state index contributed by atoms with van der Waals surface area (Å²) in [6, 6.07) is 0. The molecule has 0 aromatic heterocycles. The van der Waals surface area contributed by atoms with Crippen LogP contribution in [0.15, 0.2) is 0 Å². The number of aliphatic hydroxyl groups is 1. The molecule has 0 radical (unpaired) electrons. The van der Waals surface area contributed by atoms with Crippen LogP contribution in [0.3, 0.4) is 0 Å². The molecule has 0 saturated carbocycles. The Morgan fingerprint density at radius 1 is 1.08 bits per heavy atom. The van der Waals surface area contributed by atoms with Gasteiger partial charge in [-0.15, -0.1) is 0 Å². The summed E-state index contributed by atoms with van der Waals surface area (Å²) in [4.78, 5) is 12.7. The second-order valence-electron chi connectivity index (χ2n) is 7.49. The van der Waals surface area contributed by atoms with Crippen LogP contribution in [0.2, 0.25) is 0 Å². The molecule has 1 saturated heterocycles. The number of rotatable bonds is 15. The lowest BCUT2D eigenvalue weighted by atomic mass is 9.87. The molecule has 3 unspecified atom stereocenters. The lowest BCUT2D eigenvalue weighted by molar-refractivity contribution is -0.227. The number of aliphatic hydroxyl groups excluding tert-OH is 1. The largest absolute Gasteiger partial charge is 0.393 e. The smallest absolute Gasteiger partial charge is 0.170 e. The van der Waals surface area contributed by atoms with E-state index in [4.69, 9.17) is 9.47 Å². The fourth-order valence-electron chi connectivity index (χ4n) is 3.49. The van der Waals surface area contributed by atoms with E-state index in [1.54, 1.807) is 18.9 Å². The fraction of sp³-hybridized carbons (Fsp3) is 0.952. The average molecular weight is 389 g/mol. The van der Waals surface area contributed by atoms with Gasteiger partial charge in [0.2, 0.25) is 0 Å². The molecule has 1 rings (SSSR count). The maximum atomic E-state index is 12.7. The van der Waals surface area contributed by atoms with Gasteiger partial charge in [0.1, 0.15) is 0 Å². The number of hydrogen-bond acceptors (Lipinski definition) is 5.